The molecule has 96 valence electrons. The summed E-state index contributed by atoms with van der Waals surface area (Å²) in [4.78, 5) is 24.6. The average molecular weight is 247 g/mol. The van der Waals surface area contributed by atoms with Gasteiger partial charge >= 0.3 is 5.97 Å². The highest BCUT2D eigenvalue weighted by Gasteiger charge is 2.27. The molecule has 0 spiro atoms. The van der Waals surface area contributed by atoms with Crippen LogP contribution in [0.2, 0.25) is 0 Å². The highest BCUT2D eigenvalue weighted by atomic mass is 16.4. The Morgan fingerprint density at radius 2 is 2.17 bits per heavy atom. The van der Waals surface area contributed by atoms with E-state index in [1.54, 1.807) is 4.90 Å². The van der Waals surface area contributed by atoms with Crippen molar-refractivity contribution < 1.29 is 14.7 Å². The topological polar surface area (TPSA) is 57.6 Å². The molecule has 0 aliphatic carbocycles. The highest BCUT2D eigenvalue weighted by molar-refractivity contribution is 5.96. The molecule has 18 heavy (non-hydrogen) atoms. The number of hydrogen-bond acceptors (Lipinski definition) is 2. The number of aliphatic carboxylic acids is 1. The average Bonchev–Trinajstić information content (AvgIpc) is 2.37. The van der Waals surface area contributed by atoms with E-state index in [9.17, 15) is 9.59 Å². The lowest BCUT2D eigenvalue weighted by Crippen LogP contribution is -2.43. The van der Waals surface area contributed by atoms with Gasteiger partial charge in [-0.05, 0) is 31.4 Å². The fourth-order valence-corrected chi connectivity index (χ4v) is 2.35. The standard InChI is InChI=1S/C14H17NO3/c1-10(6-7-13(16)17)15-9-8-11-4-2-3-5-12(11)14(15)18/h2-5,10H,6-9H2,1H3,(H,16,17). The van der Waals surface area contributed by atoms with Crippen molar-refractivity contribution in [3.8, 4) is 0 Å². The molecule has 0 radical (unpaired) electrons. The highest BCUT2D eigenvalue weighted by Crippen LogP contribution is 2.21. The number of carboxylic acid groups (broad SMARTS) is 1. The van der Waals surface area contributed by atoms with Crippen molar-refractivity contribution in [2.75, 3.05) is 6.54 Å². The third-order valence-corrected chi connectivity index (χ3v) is 3.44. The normalized spacial score (nSPS) is 16.3. The van der Waals surface area contributed by atoms with E-state index in [1.807, 2.05) is 31.2 Å². The van der Waals surface area contributed by atoms with Gasteiger partial charge in [0.15, 0.2) is 0 Å². The molecule has 4 heteroatoms. The third-order valence-electron chi connectivity index (χ3n) is 3.44. The van der Waals surface area contributed by atoms with Crippen LogP contribution >= 0.6 is 0 Å². The van der Waals surface area contributed by atoms with Crippen LogP contribution in [0, 0.1) is 0 Å². The first-order valence-electron chi connectivity index (χ1n) is 6.20. The number of nitrogens with zero attached hydrogens (tertiary/aromatic N) is 1. The van der Waals surface area contributed by atoms with Crippen LogP contribution in [0.4, 0.5) is 0 Å². The van der Waals surface area contributed by atoms with Crippen molar-refractivity contribution in [1.29, 1.82) is 0 Å². The van der Waals surface area contributed by atoms with Crippen LogP contribution in [0.25, 0.3) is 0 Å². The van der Waals surface area contributed by atoms with Crippen LogP contribution in [0.5, 0.6) is 0 Å². The summed E-state index contributed by atoms with van der Waals surface area (Å²) in [7, 11) is 0. The second kappa shape index (κ2) is 5.21. The number of benzene rings is 1. The second-order valence-electron chi connectivity index (χ2n) is 4.69. The molecule has 1 aliphatic rings. The summed E-state index contributed by atoms with van der Waals surface area (Å²) in [5, 5.41) is 8.68. The summed E-state index contributed by atoms with van der Waals surface area (Å²) < 4.78 is 0. The number of amides is 1. The zero-order valence-corrected chi connectivity index (χ0v) is 10.4. The zero-order chi connectivity index (χ0) is 13.1. The van der Waals surface area contributed by atoms with Crippen LogP contribution in [-0.4, -0.2) is 34.5 Å². The molecule has 1 aromatic carbocycles. The van der Waals surface area contributed by atoms with Crippen molar-refractivity contribution in [3.05, 3.63) is 35.4 Å². The summed E-state index contributed by atoms with van der Waals surface area (Å²) in [5.74, 6) is -0.790. The van der Waals surface area contributed by atoms with Crippen LogP contribution in [0.1, 0.15) is 35.7 Å². The fraction of sp³-hybridized carbons (Fsp3) is 0.429. The molecule has 4 nitrogen and oxygen atoms in total. The first-order valence-corrected chi connectivity index (χ1v) is 6.20. The predicted molar refractivity (Wildman–Crippen MR) is 67.5 cm³/mol. The maximum Gasteiger partial charge on any atom is 0.303 e. The molecule has 0 bridgehead atoms. The first kappa shape index (κ1) is 12.6. The Labute approximate surface area is 106 Å². The lowest BCUT2D eigenvalue weighted by Gasteiger charge is -2.33. The minimum Gasteiger partial charge on any atom is -0.481 e. The van der Waals surface area contributed by atoms with Crippen LogP contribution < -0.4 is 0 Å². The molecule has 1 N–H and O–H groups in total. The first-order chi connectivity index (χ1) is 8.59. The molecule has 1 aromatic rings. The van der Waals surface area contributed by atoms with Crippen LogP contribution in [0.3, 0.4) is 0 Å². The molecule has 1 amide bonds. The Balaban J connectivity index is 2.09. The molecule has 2 rings (SSSR count). The van der Waals surface area contributed by atoms with E-state index >= 15 is 0 Å². The van der Waals surface area contributed by atoms with Gasteiger partial charge in [-0.2, -0.15) is 0 Å². The maximum atomic E-state index is 12.3. The van der Waals surface area contributed by atoms with E-state index < -0.39 is 5.97 Å². The number of carboxylic acids is 1. The van der Waals surface area contributed by atoms with Gasteiger partial charge in [0.25, 0.3) is 5.91 Å². The van der Waals surface area contributed by atoms with Gasteiger partial charge in [-0.1, -0.05) is 18.2 Å². The number of carbonyl (C=O) groups is 2. The lowest BCUT2D eigenvalue weighted by atomic mass is 9.97. The molecule has 1 heterocycles. The fourth-order valence-electron chi connectivity index (χ4n) is 2.35. The molecule has 1 atom stereocenters. The van der Waals surface area contributed by atoms with E-state index in [1.165, 1.54) is 0 Å². The van der Waals surface area contributed by atoms with E-state index in [4.69, 9.17) is 5.11 Å². The van der Waals surface area contributed by atoms with Crippen molar-refractivity contribution in [2.45, 2.75) is 32.2 Å². The van der Waals surface area contributed by atoms with E-state index in [0.717, 1.165) is 17.5 Å². The number of carbonyl (C=O) groups excluding carboxylic acids is 1. The van der Waals surface area contributed by atoms with Gasteiger partial charge in [0.1, 0.15) is 0 Å². The summed E-state index contributed by atoms with van der Waals surface area (Å²) in [6.07, 6.45) is 1.45. The summed E-state index contributed by atoms with van der Waals surface area (Å²) >= 11 is 0. The summed E-state index contributed by atoms with van der Waals surface area (Å²) in [6.45, 7) is 2.59. The largest absolute Gasteiger partial charge is 0.481 e. The minimum absolute atomic E-state index is 0.0229. The smallest absolute Gasteiger partial charge is 0.303 e. The zero-order valence-electron chi connectivity index (χ0n) is 10.4. The third kappa shape index (κ3) is 2.53. The molecular weight excluding hydrogens is 230 g/mol. The summed E-state index contributed by atoms with van der Waals surface area (Å²) in [6, 6.07) is 7.60. The summed E-state index contributed by atoms with van der Waals surface area (Å²) in [5.41, 5.74) is 1.84. The van der Waals surface area contributed by atoms with Crippen molar-refractivity contribution in [1.82, 2.24) is 4.90 Å². The quantitative estimate of drug-likeness (QED) is 0.884. The van der Waals surface area contributed by atoms with Gasteiger partial charge in [-0.15, -0.1) is 0 Å². The van der Waals surface area contributed by atoms with Gasteiger partial charge in [0.05, 0.1) is 0 Å². The van der Waals surface area contributed by atoms with Crippen molar-refractivity contribution >= 4 is 11.9 Å². The Morgan fingerprint density at radius 1 is 1.44 bits per heavy atom. The lowest BCUT2D eigenvalue weighted by molar-refractivity contribution is -0.137. The number of hydrogen-bond donors (Lipinski definition) is 1. The Kier molecular flexibility index (Phi) is 3.65. The molecule has 0 fully saturated rings. The molecule has 0 aromatic heterocycles. The van der Waals surface area contributed by atoms with Crippen LogP contribution in [-0.2, 0) is 11.2 Å². The van der Waals surface area contributed by atoms with Gasteiger partial charge in [0.2, 0.25) is 0 Å². The number of fused-ring (bicyclic) bond motifs is 1. The Hall–Kier alpha value is -1.84. The van der Waals surface area contributed by atoms with E-state index in [2.05, 4.69) is 0 Å². The SMILES string of the molecule is CC(CCC(=O)O)N1CCc2ccccc2C1=O. The van der Waals surface area contributed by atoms with Crippen molar-refractivity contribution in [3.63, 3.8) is 0 Å². The predicted octanol–water partition coefficient (Wildman–Crippen LogP) is 1.94. The molecular formula is C14H17NO3. The van der Waals surface area contributed by atoms with Gasteiger partial charge < -0.3 is 10.0 Å². The van der Waals surface area contributed by atoms with Gasteiger partial charge in [-0.3, -0.25) is 9.59 Å². The maximum absolute atomic E-state index is 12.3. The molecule has 0 saturated heterocycles. The monoisotopic (exact) mass is 247 g/mol. The van der Waals surface area contributed by atoms with E-state index in [0.29, 0.717) is 13.0 Å². The van der Waals surface area contributed by atoms with Gasteiger partial charge in [0, 0.05) is 24.6 Å². The second-order valence-corrected chi connectivity index (χ2v) is 4.69. The molecule has 0 saturated carbocycles. The van der Waals surface area contributed by atoms with E-state index in [-0.39, 0.29) is 18.4 Å². The Morgan fingerprint density at radius 3 is 2.89 bits per heavy atom. The molecule has 1 unspecified atom stereocenters. The van der Waals surface area contributed by atoms with Crippen LogP contribution in [0.15, 0.2) is 24.3 Å². The Bertz CT molecular complexity index is 470. The van der Waals surface area contributed by atoms with Crippen molar-refractivity contribution in [2.24, 2.45) is 0 Å². The molecule has 1 aliphatic heterocycles. The van der Waals surface area contributed by atoms with Gasteiger partial charge in [-0.25, -0.2) is 0 Å². The number of rotatable bonds is 4. The minimum atomic E-state index is -0.813.